The normalized spacial score (nSPS) is 29.1. The summed E-state index contributed by atoms with van der Waals surface area (Å²) in [5.41, 5.74) is -3.90. The van der Waals surface area contributed by atoms with Gasteiger partial charge in [0.2, 0.25) is 0 Å². The molecule has 4 aromatic rings. The van der Waals surface area contributed by atoms with E-state index in [1.807, 2.05) is 14.2 Å². The number of hydrogen-bond acceptors (Lipinski definition) is 2. The zero-order valence-electron chi connectivity index (χ0n) is 16.4. The van der Waals surface area contributed by atoms with Crippen LogP contribution in [0.5, 0.6) is 0 Å². The second kappa shape index (κ2) is 7.29. The third-order valence-corrected chi connectivity index (χ3v) is 45.2. The van der Waals surface area contributed by atoms with Crippen LogP contribution in [-0.4, -0.2) is 44.4 Å². The van der Waals surface area contributed by atoms with Crippen molar-refractivity contribution in [3.63, 3.8) is 0 Å². The quantitative estimate of drug-likeness (QED) is 0.238. The van der Waals surface area contributed by atoms with E-state index in [1.165, 1.54) is 42.8 Å². The van der Waals surface area contributed by atoms with Crippen LogP contribution in [0.25, 0.3) is 21.5 Å². The molecule has 6 rings (SSSR count). The van der Waals surface area contributed by atoms with Gasteiger partial charge in [-0.1, -0.05) is 0 Å². The third-order valence-electron chi connectivity index (χ3n) is 5.93. The van der Waals surface area contributed by atoms with Crippen molar-refractivity contribution >= 4 is 98.4 Å². The number of hydrogen-bond donors (Lipinski definition) is 0. The van der Waals surface area contributed by atoms with Crippen molar-refractivity contribution in [2.75, 3.05) is 14.2 Å². The first-order valence-corrected chi connectivity index (χ1v) is 22.2. The molecule has 2 aliphatic heterocycles. The summed E-state index contributed by atoms with van der Waals surface area (Å²) in [6.07, 6.45) is 0. The summed E-state index contributed by atoms with van der Waals surface area (Å²) < 4.78 is 13.0. The van der Waals surface area contributed by atoms with Crippen LogP contribution < -0.4 is 21.2 Å². The van der Waals surface area contributed by atoms with Crippen molar-refractivity contribution in [3.8, 4) is 0 Å². The third kappa shape index (κ3) is 2.54. The Hall–Kier alpha value is 0.0790. The molecule has 0 saturated heterocycles. The van der Waals surface area contributed by atoms with E-state index in [4.69, 9.17) is 9.05 Å². The zero-order chi connectivity index (χ0) is 20.7. The van der Waals surface area contributed by atoms with E-state index in [0.29, 0.717) is 0 Å². The fourth-order valence-corrected chi connectivity index (χ4v) is 54.7. The van der Waals surface area contributed by atoms with E-state index in [0.717, 1.165) is 0 Å². The molecular weight excluding hydrogens is 578 g/mol. The average molecular weight is 596 g/mol. The van der Waals surface area contributed by atoms with Crippen molar-refractivity contribution in [3.05, 3.63) is 72.8 Å². The van der Waals surface area contributed by atoms with Gasteiger partial charge in [0.15, 0.2) is 0 Å². The van der Waals surface area contributed by atoms with E-state index in [-0.39, 0.29) is 0 Å². The molecule has 4 atom stereocenters. The van der Waals surface area contributed by atoms with Gasteiger partial charge < -0.3 is 0 Å². The Labute approximate surface area is 193 Å². The van der Waals surface area contributed by atoms with Crippen LogP contribution in [0.15, 0.2) is 72.8 Å². The molecule has 0 aromatic heterocycles. The topological polar surface area (TPSA) is 18.5 Å². The molecule has 0 fully saturated rings. The van der Waals surface area contributed by atoms with Gasteiger partial charge in [0.1, 0.15) is 0 Å². The van der Waals surface area contributed by atoms with Gasteiger partial charge in [-0.05, 0) is 0 Å². The molecule has 0 unspecified atom stereocenters. The predicted octanol–water partition coefficient (Wildman–Crippen LogP) is 5.26. The molecule has 0 radical (unpaired) electrons. The molecule has 4 aromatic carbocycles. The Kier molecular flexibility index (Phi) is 5.02. The van der Waals surface area contributed by atoms with Gasteiger partial charge in [0.25, 0.3) is 0 Å². The summed E-state index contributed by atoms with van der Waals surface area (Å²) in [4.78, 5) is 0. The molecule has 0 N–H and O–H groups in total. The molecule has 150 valence electrons. The fraction of sp³-hybridized carbons (Fsp3) is 0.0909. The summed E-state index contributed by atoms with van der Waals surface area (Å²) in [6.45, 7) is 0. The first-order chi connectivity index (χ1) is 14.5. The predicted molar refractivity (Wildman–Crippen MR) is 140 cm³/mol. The van der Waals surface area contributed by atoms with Gasteiger partial charge in [-0.3, -0.25) is 0 Å². The van der Waals surface area contributed by atoms with Crippen molar-refractivity contribution in [2.45, 2.75) is 0 Å². The average Bonchev–Trinajstić information content (AvgIpc) is 3.18. The summed E-state index contributed by atoms with van der Waals surface area (Å²) >= 11 is 7.28. The monoisotopic (exact) mass is 598 g/mol. The maximum atomic E-state index is 6.48. The second-order valence-corrected chi connectivity index (χ2v) is 33.4. The summed E-state index contributed by atoms with van der Waals surface area (Å²) in [6, 6.07) is 27.0. The Balaban J connectivity index is 1.73. The van der Waals surface area contributed by atoms with Crippen LogP contribution >= 0.6 is 25.4 Å². The van der Waals surface area contributed by atoms with Crippen LogP contribution in [0.2, 0.25) is 0 Å². The van der Waals surface area contributed by atoms with Crippen LogP contribution in [0, 0.1) is 0 Å². The van der Waals surface area contributed by atoms with Crippen LogP contribution in [0.3, 0.4) is 0 Å². The number of benzene rings is 4. The molecule has 0 bridgehead atoms. The van der Waals surface area contributed by atoms with E-state index in [2.05, 4.69) is 103 Å². The van der Waals surface area contributed by atoms with Crippen molar-refractivity contribution in [1.29, 1.82) is 0 Å². The Bertz CT molecular complexity index is 1350. The molecule has 0 saturated carbocycles. The van der Waals surface area contributed by atoms with Crippen LogP contribution in [-0.2, 0) is 9.05 Å². The van der Waals surface area contributed by atoms with Crippen LogP contribution in [0.4, 0.5) is 0 Å². The molecule has 30 heavy (non-hydrogen) atoms. The molecule has 0 spiro atoms. The molecule has 2 nitrogen and oxygen atoms in total. The molecule has 0 aliphatic carbocycles. The molecular formula is C22H18O2P4Se2. The minimum absolute atomic E-state index is 0.612. The van der Waals surface area contributed by atoms with E-state index in [9.17, 15) is 0 Å². The van der Waals surface area contributed by atoms with Crippen molar-refractivity contribution in [1.82, 2.24) is 0 Å². The standard InChI is InChI=1S/C22H18O2P4Se2/c1-23-27(29)19-13-5-9-15-7-3-11-17(21(15)19)25(27)26-18-12-4-8-16-10-6-14-20(22(16)18)28(26,30)24-2/h3-14H,1-2H3/t25-,26-,27-,28-/m0/s1. The zero-order valence-corrected chi connectivity index (χ0v) is 23.4. The van der Waals surface area contributed by atoms with Crippen LogP contribution in [0.1, 0.15) is 0 Å². The second-order valence-electron chi connectivity index (χ2n) is 7.29. The minimum atomic E-state index is -1.95. The first-order valence-electron chi connectivity index (χ1n) is 9.52. The van der Waals surface area contributed by atoms with E-state index in [1.54, 1.807) is 0 Å². The van der Waals surface area contributed by atoms with Gasteiger partial charge in [-0.15, -0.1) is 0 Å². The van der Waals surface area contributed by atoms with E-state index < -0.39 is 25.4 Å². The summed E-state index contributed by atoms with van der Waals surface area (Å²) in [5, 5.41) is 11.2. The first kappa shape index (κ1) is 20.7. The fourth-order valence-electron chi connectivity index (χ4n) is 4.67. The maximum absolute atomic E-state index is 6.48. The van der Waals surface area contributed by atoms with Gasteiger partial charge in [-0.2, -0.15) is 0 Å². The molecule has 8 heteroatoms. The van der Waals surface area contributed by atoms with Crippen molar-refractivity contribution < 1.29 is 9.05 Å². The molecule has 2 heterocycles. The van der Waals surface area contributed by atoms with Gasteiger partial charge >= 0.3 is 194 Å². The SMILES string of the molecule is CO[P@@]1(=[Se])c2cccc3cccc(c23)[P@@]1[P@]1c2cccc3cccc(c23)[P@]1(=[Se])OC. The van der Waals surface area contributed by atoms with E-state index >= 15 is 0 Å². The van der Waals surface area contributed by atoms with Crippen molar-refractivity contribution in [2.24, 2.45) is 0 Å². The summed E-state index contributed by atoms with van der Waals surface area (Å²) in [7, 11) is 2.57. The summed E-state index contributed by atoms with van der Waals surface area (Å²) in [5.74, 6) is 0. The van der Waals surface area contributed by atoms with Gasteiger partial charge in [-0.25, -0.2) is 0 Å². The Morgan fingerprint density at radius 1 is 0.600 bits per heavy atom. The van der Waals surface area contributed by atoms with Gasteiger partial charge in [0, 0.05) is 0 Å². The molecule has 2 aliphatic rings. The number of rotatable bonds is 3. The Morgan fingerprint density at radius 3 is 1.33 bits per heavy atom. The van der Waals surface area contributed by atoms with Gasteiger partial charge in [0.05, 0.1) is 0 Å². The Morgan fingerprint density at radius 2 is 0.967 bits per heavy atom. The molecule has 0 amide bonds.